The number of aromatic nitrogens is 3. The van der Waals surface area contributed by atoms with Crippen LogP contribution in [0.2, 0.25) is 0 Å². The molecule has 2 amide bonds. The Kier molecular flexibility index (Phi) is 15.8. The van der Waals surface area contributed by atoms with Crippen LogP contribution in [0.3, 0.4) is 0 Å². The first-order valence-corrected chi connectivity index (χ1v) is 16.7. The highest BCUT2D eigenvalue weighted by molar-refractivity contribution is 8.01. The highest BCUT2D eigenvalue weighted by atomic mass is 32.2. The van der Waals surface area contributed by atoms with Gasteiger partial charge in [0.15, 0.2) is 6.29 Å². The van der Waals surface area contributed by atoms with E-state index >= 15 is 0 Å². The molecule has 274 valence electrons. The van der Waals surface area contributed by atoms with Crippen molar-refractivity contribution in [1.82, 2.24) is 25.6 Å². The fourth-order valence-electron chi connectivity index (χ4n) is 5.36. The third-order valence-corrected chi connectivity index (χ3v) is 9.42. The number of aryl methyl sites for hydroxylation is 1. The van der Waals surface area contributed by atoms with Crippen LogP contribution in [0.15, 0.2) is 12.4 Å². The third kappa shape index (κ3) is 11.0. The maximum absolute atomic E-state index is 12.5. The Morgan fingerprint density at radius 2 is 1.85 bits per heavy atom. The Balaban J connectivity index is 1.51. The minimum atomic E-state index is -2.30. The van der Waals surface area contributed by atoms with Crippen LogP contribution in [-0.4, -0.2) is 165 Å². The topological polar surface area (TPSA) is 296 Å². The molecule has 48 heavy (non-hydrogen) atoms. The molecule has 2 aliphatic rings. The quantitative estimate of drug-likeness (QED) is 0.0613. The van der Waals surface area contributed by atoms with E-state index in [1.54, 1.807) is 17.1 Å². The lowest BCUT2D eigenvalue weighted by Gasteiger charge is -2.47. The number of carbonyl (C=O) groups is 3. The van der Waals surface area contributed by atoms with Crippen molar-refractivity contribution in [3.63, 3.8) is 0 Å². The van der Waals surface area contributed by atoms with E-state index in [1.165, 1.54) is 0 Å². The molecular formula is C28H47N5O14S. The summed E-state index contributed by atoms with van der Waals surface area (Å²) in [5.41, 5.74) is 0. The van der Waals surface area contributed by atoms with Crippen molar-refractivity contribution in [2.45, 2.75) is 118 Å². The first-order chi connectivity index (χ1) is 22.8. The minimum Gasteiger partial charge on any atom is -0.478 e. The first kappa shape index (κ1) is 39.9. The van der Waals surface area contributed by atoms with Crippen molar-refractivity contribution in [3.05, 3.63) is 12.4 Å². The number of thioether (sulfide) groups is 1. The summed E-state index contributed by atoms with van der Waals surface area (Å²) >= 11 is 0.540. The van der Waals surface area contributed by atoms with Gasteiger partial charge in [0.1, 0.15) is 36.6 Å². The summed E-state index contributed by atoms with van der Waals surface area (Å²) in [6, 6.07) is -1.35. The molecule has 2 saturated heterocycles. The van der Waals surface area contributed by atoms with Crippen molar-refractivity contribution in [3.8, 4) is 0 Å². The molecule has 3 rings (SSSR count). The fourth-order valence-corrected chi connectivity index (χ4v) is 6.66. The van der Waals surface area contributed by atoms with Crippen LogP contribution in [-0.2, 0) is 35.1 Å². The van der Waals surface area contributed by atoms with Gasteiger partial charge in [-0.3, -0.25) is 14.3 Å². The van der Waals surface area contributed by atoms with Crippen LogP contribution in [0.4, 0.5) is 0 Å². The largest absolute Gasteiger partial charge is 0.478 e. The molecule has 0 aromatic carbocycles. The normalized spacial score (nSPS) is 31.9. The number of nitrogens with one attached hydrogen (secondary N) is 2. The van der Waals surface area contributed by atoms with E-state index in [4.69, 9.17) is 14.2 Å². The lowest BCUT2D eigenvalue weighted by molar-refractivity contribution is -0.292. The second-order valence-corrected chi connectivity index (χ2v) is 13.0. The Morgan fingerprint density at radius 1 is 1.10 bits per heavy atom. The number of carboxylic acid groups (broad SMARTS) is 1. The lowest BCUT2D eigenvalue weighted by atomic mass is 9.90. The molecule has 0 saturated carbocycles. The number of aliphatic carboxylic acids is 1. The number of rotatable bonds is 19. The van der Waals surface area contributed by atoms with Crippen LogP contribution in [0.1, 0.15) is 45.4 Å². The summed E-state index contributed by atoms with van der Waals surface area (Å²) in [6.45, 7) is 1.17. The Bertz CT molecular complexity index is 1150. The molecule has 0 spiro atoms. The third-order valence-electron chi connectivity index (χ3n) is 8.02. The van der Waals surface area contributed by atoms with Crippen LogP contribution in [0.5, 0.6) is 0 Å². The van der Waals surface area contributed by atoms with Crippen molar-refractivity contribution in [2.75, 3.05) is 25.5 Å². The highest BCUT2D eigenvalue weighted by Crippen LogP contribution is 2.42. The maximum Gasteiger partial charge on any atom is 0.346 e. The summed E-state index contributed by atoms with van der Waals surface area (Å²) < 4.78 is 18.7. The molecule has 0 bridgehead atoms. The standard InChI is InChI=1S/C28H47N5O14S/c1-15(35)31-20-16(36)12-28(27(43)44,47-25(20)21(39)17(37)13-34)48-14-18-22(40)23(41)24(42)26(46-18)45-11-5-7-29-19(38)6-3-2-4-9-33-10-8-30-32-33/h8,10,16-18,20-26,34,36-37,39-42H,2-7,9,11-14H2,1H3,(H,29,38)(H,31,35)(H,43,44)/t16?,17-,18?,20-,21-,22+,23?,24?,25?,26-,28+/m1/s1. The lowest BCUT2D eigenvalue weighted by Crippen LogP contribution is -2.66. The van der Waals surface area contributed by atoms with Crippen LogP contribution >= 0.6 is 11.8 Å². The number of aliphatic hydroxyl groups is 7. The van der Waals surface area contributed by atoms with Crippen molar-refractivity contribution >= 4 is 29.5 Å². The van der Waals surface area contributed by atoms with Gasteiger partial charge in [-0.15, -0.1) is 16.9 Å². The molecule has 3 heterocycles. The van der Waals surface area contributed by atoms with Gasteiger partial charge in [0.05, 0.1) is 37.7 Å². The van der Waals surface area contributed by atoms with Gasteiger partial charge in [0.25, 0.3) is 0 Å². The number of nitrogens with zero attached hydrogens (tertiary/aromatic N) is 3. The van der Waals surface area contributed by atoms with Gasteiger partial charge in [-0.1, -0.05) is 11.6 Å². The zero-order valence-electron chi connectivity index (χ0n) is 26.5. The molecule has 1 aromatic heterocycles. The molecule has 2 fully saturated rings. The van der Waals surface area contributed by atoms with E-state index in [2.05, 4.69) is 20.9 Å². The van der Waals surface area contributed by atoms with Crippen molar-refractivity contribution in [1.29, 1.82) is 0 Å². The average Bonchev–Trinajstić information content (AvgIpc) is 3.57. The summed E-state index contributed by atoms with van der Waals surface area (Å²) in [5, 5.41) is 95.1. The predicted octanol–water partition coefficient (Wildman–Crippen LogP) is -3.95. The number of hydrogen-bond acceptors (Lipinski definition) is 16. The molecule has 11 atom stereocenters. The van der Waals surface area contributed by atoms with Gasteiger partial charge in [-0.05, 0) is 19.3 Å². The molecule has 2 aliphatic heterocycles. The summed E-state index contributed by atoms with van der Waals surface area (Å²) in [5.74, 6) is -2.75. The first-order valence-electron chi connectivity index (χ1n) is 15.7. The summed E-state index contributed by atoms with van der Waals surface area (Å²) in [7, 11) is 0. The second-order valence-electron chi connectivity index (χ2n) is 11.8. The predicted molar refractivity (Wildman–Crippen MR) is 164 cm³/mol. The fraction of sp³-hybridized carbons (Fsp3) is 0.821. The number of carboxylic acids is 1. The zero-order chi connectivity index (χ0) is 35.4. The van der Waals surface area contributed by atoms with Gasteiger partial charge in [0, 0.05) is 44.8 Å². The van der Waals surface area contributed by atoms with Crippen molar-refractivity contribution in [2.24, 2.45) is 0 Å². The molecule has 5 unspecified atom stereocenters. The molecule has 20 heteroatoms. The number of hydrogen-bond donors (Lipinski definition) is 10. The van der Waals surface area contributed by atoms with E-state index < -0.39 is 91.0 Å². The maximum atomic E-state index is 12.5. The van der Waals surface area contributed by atoms with Gasteiger partial charge in [0.2, 0.25) is 16.7 Å². The number of ether oxygens (including phenoxy) is 3. The highest BCUT2D eigenvalue weighted by Gasteiger charge is 2.56. The second kappa shape index (κ2) is 19.0. The van der Waals surface area contributed by atoms with E-state index in [1.807, 2.05) is 0 Å². The van der Waals surface area contributed by atoms with Gasteiger partial charge < -0.3 is 65.7 Å². The van der Waals surface area contributed by atoms with Gasteiger partial charge in [-0.2, -0.15) is 0 Å². The molecule has 10 N–H and O–H groups in total. The van der Waals surface area contributed by atoms with E-state index in [-0.39, 0.29) is 24.8 Å². The van der Waals surface area contributed by atoms with Crippen LogP contribution in [0.25, 0.3) is 0 Å². The molecule has 0 aliphatic carbocycles. The average molecular weight is 710 g/mol. The molecular weight excluding hydrogens is 662 g/mol. The molecule has 0 radical (unpaired) electrons. The Morgan fingerprint density at radius 3 is 2.50 bits per heavy atom. The Labute approximate surface area is 280 Å². The number of carbonyl (C=O) groups excluding carboxylic acids is 2. The SMILES string of the molecule is CC(=O)N[C@@H]1C(O)C[C@](SCC2O[C@@H](OCCCNC(=O)CCCCCn3ccnn3)C(O)C(O)[C@H]2O)(C(=O)O)OC1[C@H](O)[C@H](O)CO. The van der Waals surface area contributed by atoms with Crippen LogP contribution < -0.4 is 10.6 Å². The zero-order valence-corrected chi connectivity index (χ0v) is 27.3. The van der Waals surface area contributed by atoms with Gasteiger partial charge >= 0.3 is 5.97 Å². The number of unbranched alkanes of at least 4 members (excludes halogenated alkanes) is 2. The summed E-state index contributed by atoms with van der Waals surface area (Å²) in [4.78, 5) is 34.0. The number of aliphatic hydroxyl groups excluding tert-OH is 7. The van der Waals surface area contributed by atoms with Crippen molar-refractivity contribution < 1.29 is 69.4 Å². The summed E-state index contributed by atoms with van der Waals surface area (Å²) in [6.07, 6.45) is -8.99. The smallest absolute Gasteiger partial charge is 0.346 e. The monoisotopic (exact) mass is 709 g/mol. The Hall–Kier alpha value is -2.50. The van der Waals surface area contributed by atoms with Crippen LogP contribution in [0, 0.1) is 0 Å². The van der Waals surface area contributed by atoms with E-state index in [0.29, 0.717) is 31.0 Å². The molecule has 1 aromatic rings. The molecule has 19 nitrogen and oxygen atoms in total. The number of amides is 2. The van der Waals surface area contributed by atoms with E-state index in [0.717, 1.165) is 26.3 Å². The minimum absolute atomic E-state index is 0.00571. The van der Waals surface area contributed by atoms with E-state index in [9.17, 15) is 55.2 Å². The van der Waals surface area contributed by atoms with Gasteiger partial charge in [-0.25, -0.2) is 4.79 Å².